The molecule has 102 valence electrons. The van der Waals surface area contributed by atoms with Crippen molar-refractivity contribution >= 4 is 17.5 Å². The van der Waals surface area contributed by atoms with Gasteiger partial charge in [-0.25, -0.2) is 4.98 Å². The number of carbonyl (C=O) groups is 1. The van der Waals surface area contributed by atoms with Gasteiger partial charge in [-0.05, 0) is 20.3 Å². The molecule has 1 aromatic rings. The van der Waals surface area contributed by atoms with Crippen molar-refractivity contribution in [1.29, 1.82) is 0 Å². The molecule has 1 N–H and O–H groups in total. The number of carboxylic acid groups (broad SMARTS) is 1. The number of pyridine rings is 1. The van der Waals surface area contributed by atoms with Crippen molar-refractivity contribution < 1.29 is 14.8 Å². The minimum Gasteiger partial charge on any atom is -0.481 e. The summed E-state index contributed by atoms with van der Waals surface area (Å²) in [6, 6.07) is 1.20. The van der Waals surface area contributed by atoms with Crippen LogP contribution in [0.3, 0.4) is 0 Å². The fourth-order valence-electron chi connectivity index (χ4n) is 2.45. The van der Waals surface area contributed by atoms with E-state index in [1.54, 1.807) is 13.8 Å². The summed E-state index contributed by atoms with van der Waals surface area (Å²) in [6.45, 7) is 3.98. The standard InChI is InChI=1S/C12H15N3O4/c1-7-6-13-11(5-10(7)15(18)19)14-4-3-9(8(14)2)12(16)17/h5-6,8-9H,3-4H2,1-2H3,(H,16,17). The molecule has 0 bridgehead atoms. The van der Waals surface area contributed by atoms with Crippen LogP contribution >= 0.6 is 0 Å². The average Bonchev–Trinajstić information content (AvgIpc) is 2.71. The van der Waals surface area contributed by atoms with Crippen LogP contribution in [0.1, 0.15) is 18.9 Å². The molecule has 2 heterocycles. The van der Waals surface area contributed by atoms with Gasteiger partial charge in [-0.1, -0.05) is 0 Å². The molecule has 1 aromatic heterocycles. The van der Waals surface area contributed by atoms with Gasteiger partial charge in [0.25, 0.3) is 5.69 Å². The molecular formula is C12H15N3O4. The van der Waals surface area contributed by atoms with Gasteiger partial charge >= 0.3 is 5.97 Å². The van der Waals surface area contributed by atoms with Crippen molar-refractivity contribution in [3.8, 4) is 0 Å². The van der Waals surface area contributed by atoms with Crippen molar-refractivity contribution in [2.24, 2.45) is 5.92 Å². The Morgan fingerprint density at radius 1 is 1.63 bits per heavy atom. The van der Waals surface area contributed by atoms with E-state index in [0.29, 0.717) is 24.3 Å². The van der Waals surface area contributed by atoms with E-state index in [1.807, 2.05) is 4.90 Å². The SMILES string of the molecule is Cc1cnc(N2CCC(C(=O)O)C2C)cc1[N+](=O)[O-]. The molecule has 1 aliphatic heterocycles. The lowest BCUT2D eigenvalue weighted by Gasteiger charge is -2.24. The Hall–Kier alpha value is -2.18. The number of anilines is 1. The van der Waals surface area contributed by atoms with Gasteiger partial charge in [0.1, 0.15) is 5.82 Å². The van der Waals surface area contributed by atoms with Gasteiger partial charge < -0.3 is 10.0 Å². The van der Waals surface area contributed by atoms with Crippen LogP contribution in [-0.4, -0.2) is 33.6 Å². The topological polar surface area (TPSA) is 96.6 Å². The Balaban J connectivity index is 2.31. The van der Waals surface area contributed by atoms with E-state index in [-0.39, 0.29) is 11.7 Å². The lowest BCUT2D eigenvalue weighted by molar-refractivity contribution is -0.385. The third kappa shape index (κ3) is 2.35. The van der Waals surface area contributed by atoms with Crippen LogP contribution in [0.25, 0.3) is 0 Å². The summed E-state index contributed by atoms with van der Waals surface area (Å²) in [5.41, 5.74) is 0.506. The highest BCUT2D eigenvalue weighted by Crippen LogP contribution is 2.31. The number of aliphatic carboxylic acids is 1. The maximum atomic E-state index is 11.1. The molecule has 0 radical (unpaired) electrons. The molecule has 19 heavy (non-hydrogen) atoms. The normalized spacial score (nSPS) is 22.5. The maximum Gasteiger partial charge on any atom is 0.308 e. The van der Waals surface area contributed by atoms with Crippen LogP contribution in [0.15, 0.2) is 12.3 Å². The van der Waals surface area contributed by atoms with Crippen molar-refractivity contribution in [1.82, 2.24) is 4.98 Å². The lowest BCUT2D eigenvalue weighted by Crippen LogP contribution is -2.33. The second-order valence-corrected chi connectivity index (χ2v) is 4.75. The quantitative estimate of drug-likeness (QED) is 0.658. The number of aromatic nitrogens is 1. The molecule has 1 aliphatic rings. The molecule has 0 spiro atoms. The first-order valence-corrected chi connectivity index (χ1v) is 6.02. The summed E-state index contributed by atoms with van der Waals surface area (Å²) in [5, 5.41) is 20.0. The number of rotatable bonds is 3. The van der Waals surface area contributed by atoms with Crippen LogP contribution in [0.2, 0.25) is 0 Å². The highest BCUT2D eigenvalue weighted by molar-refractivity contribution is 5.73. The number of carboxylic acids is 1. The summed E-state index contributed by atoms with van der Waals surface area (Å²) in [7, 11) is 0. The molecule has 0 saturated carbocycles. The zero-order valence-electron chi connectivity index (χ0n) is 10.7. The molecule has 2 atom stereocenters. The van der Waals surface area contributed by atoms with E-state index in [1.165, 1.54) is 12.3 Å². The molecule has 0 amide bonds. The summed E-state index contributed by atoms with van der Waals surface area (Å²) in [5.74, 6) is -0.827. The average molecular weight is 265 g/mol. The van der Waals surface area contributed by atoms with Crippen molar-refractivity contribution in [3.05, 3.63) is 27.9 Å². The highest BCUT2D eigenvalue weighted by atomic mass is 16.6. The smallest absolute Gasteiger partial charge is 0.308 e. The Kier molecular flexibility index (Phi) is 3.37. The van der Waals surface area contributed by atoms with E-state index in [4.69, 9.17) is 5.11 Å². The fraction of sp³-hybridized carbons (Fsp3) is 0.500. The molecule has 7 nitrogen and oxygen atoms in total. The van der Waals surface area contributed by atoms with Crippen LogP contribution in [0.4, 0.5) is 11.5 Å². The third-order valence-electron chi connectivity index (χ3n) is 3.62. The van der Waals surface area contributed by atoms with Gasteiger partial charge in [-0.15, -0.1) is 0 Å². The summed E-state index contributed by atoms with van der Waals surface area (Å²) in [4.78, 5) is 27.5. The molecule has 2 unspecified atom stereocenters. The van der Waals surface area contributed by atoms with Crippen LogP contribution in [0, 0.1) is 23.0 Å². The minimum absolute atomic E-state index is 0.0102. The predicted molar refractivity (Wildman–Crippen MR) is 68.2 cm³/mol. The van der Waals surface area contributed by atoms with Gasteiger partial charge in [0.05, 0.1) is 16.9 Å². The van der Waals surface area contributed by atoms with Gasteiger partial charge in [-0.2, -0.15) is 0 Å². The first-order chi connectivity index (χ1) is 8.91. The molecule has 7 heteroatoms. The number of nitrogens with zero attached hydrogens (tertiary/aromatic N) is 3. The van der Waals surface area contributed by atoms with E-state index < -0.39 is 16.8 Å². The summed E-state index contributed by atoms with van der Waals surface area (Å²) in [6.07, 6.45) is 1.98. The van der Waals surface area contributed by atoms with E-state index in [0.717, 1.165) is 0 Å². The Bertz CT molecular complexity index is 532. The van der Waals surface area contributed by atoms with Gasteiger partial charge in [0, 0.05) is 24.3 Å². The van der Waals surface area contributed by atoms with Crippen molar-refractivity contribution in [3.63, 3.8) is 0 Å². The summed E-state index contributed by atoms with van der Waals surface area (Å²) >= 11 is 0. The second-order valence-electron chi connectivity index (χ2n) is 4.75. The highest BCUT2D eigenvalue weighted by Gasteiger charge is 2.36. The molecule has 0 aromatic carbocycles. The fourth-order valence-corrected chi connectivity index (χ4v) is 2.45. The molecule has 0 aliphatic carbocycles. The minimum atomic E-state index is -0.836. The lowest BCUT2D eigenvalue weighted by atomic mass is 10.0. The van der Waals surface area contributed by atoms with Crippen LogP contribution in [-0.2, 0) is 4.79 Å². The molecule has 1 fully saturated rings. The zero-order chi connectivity index (χ0) is 14.2. The first-order valence-electron chi connectivity index (χ1n) is 6.02. The van der Waals surface area contributed by atoms with Gasteiger partial charge in [0.15, 0.2) is 0 Å². The first kappa shape index (κ1) is 13.3. The molecule has 1 saturated heterocycles. The second kappa shape index (κ2) is 4.83. The monoisotopic (exact) mass is 265 g/mol. The molecular weight excluding hydrogens is 250 g/mol. The van der Waals surface area contributed by atoms with Crippen LogP contribution < -0.4 is 4.90 Å². The Morgan fingerprint density at radius 2 is 2.32 bits per heavy atom. The van der Waals surface area contributed by atoms with E-state index in [2.05, 4.69) is 4.98 Å². The van der Waals surface area contributed by atoms with Crippen molar-refractivity contribution in [2.45, 2.75) is 26.3 Å². The van der Waals surface area contributed by atoms with Gasteiger partial charge in [0.2, 0.25) is 0 Å². The Morgan fingerprint density at radius 3 is 2.84 bits per heavy atom. The number of aryl methyl sites for hydroxylation is 1. The van der Waals surface area contributed by atoms with Gasteiger partial charge in [-0.3, -0.25) is 14.9 Å². The summed E-state index contributed by atoms with van der Waals surface area (Å²) < 4.78 is 0. The van der Waals surface area contributed by atoms with E-state index >= 15 is 0 Å². The largest absolute Gasteiger partial charge is 0.481 e. The Labute approximate surface area is 110 Å². The number of nitro groups is 1. The maximum absolute atomic E-state index is 11.1. The predicted octanol–water partition coefficient (Wildman–Crippen LogP) is 1.60. The van der Waals surface area contributed by atoms with Crippen LogP contribution in [0.5, 0.6) is 0 Å². The number of hydrogen-bond donors (Lipinski definition) is 1. The van der Waals surface area contributed by atoms with Crippen molar-refractivity contribution in [2.75, 3.05) is 11.4 Å². The van der Waals surface area contributed by atoms with E-state index in [9.17, 15) is 14.9 Å². The third-order valence-corrected chi connectivity index (χ3v) is 3.62. The molecule has 2 rings (SSSR count). The number of hydrogen-bond acceptors (Lipinski definition) is 5. The zero-order valence-corrected chi connectivity index (χ0v) is 10.7.